The molecule has 6 aromatic rings. The number of carbonyl (C=O) groups excluding carboxylic acids is 1. The van der Waals surface area contributed by atoms with Crippen molar-refractivity contribution in [2.45, 2.75) is 0 Å². The highest BCUT2D eigenvalue weighted by atomic mass is 32.1. The second-order valence-corrected chi connectivity index (χ2v) is 10.6. The van der Waals surface area contributed by atoms with Crippen LogP contribution in [0.2, 0.25) is 0 Å². The first kappa shape index (κ1) is 19.5. The van der Waals surface area contributed by atoms with Crippen molar-refractivity contribution in [3.63, 3.8) is 0 Å². The third-order valence-corrected chi connectivity index (χ3v) is 8.79. The first-order valence-electron chi connectivity index (χ1n) is 12.3. The van der Waals surface area contributed by atoms with Gasteiger partial charge in [-0.3, -0.25) is 4.79 Å². The summed E-state index contributed by atoms with van der Waals surface area (Å²) in [6, 6.07) is 33.3. The molecule has 0 radical (unpaired) electrons. The third kappa shape index (κ3) is 2.38. The first-order valence-corrected chi connectivity index (χ1v) is 13.2. The van der Waals surface area contributed by atoms with Crippen molar-refractivity contribution < 1.29 is 9.21 Å². The Bertz CT molecular complexity index is 2220. The number of hydrogen-bond acceptors (Lipinski definition) is 3. The molecular formula is C33H17NO2S. The topological polar surface area (TPSA) is 35.1 Å². The minimum absolute atomic E-state index is 0.109. The lowest BCUT2D eigenvalue weighted by Crippen LogP contribution is -2.02. The van der Waals surface area contributed by atoms with Gasteiger partial charge >= 0.3 is 0 Å². The van der Waals surface area contributed by atoms with E-state index < -0.39 is 0 Å². The highest BCUT2D eigenvalue weighted by molar-refractivity contribution is 7.14. The lowest BCUT2D eigenvalue weighted by molar-refractivity contribution is 0.104. The largest absolute Gasteiger partial charge is 0.456 e. The van der Waals surface area contributed by atoms with Crippen LogP contribution in [0.4, 0.5) is 0 Å². The van der Waals surface area contributed by atoms with Crippen molar-refractivity contribution in [2.75, 3.05) is 0 Å². The number of carbonyl (C=O) groups is 1. The van der Waals surface area contributed by atoms with Crippen LogP contribution in [0.5, 0.6) is 0 Å². The summed E-state index contributed by atoms with van der Waals surface area (Å²) in [5.74, 6) is 0.109. The van der Waals surface area contributed by atoms with Gasteiger partial charge in [-0.05, 0) is 35.4 Å². The summed E-state index contributed by atoms with van der Waals surface area (Å²) in [7, 11) is 0. The Labute approximate surface area is 215 Å². The summed E-state index contributed by atoms with van der Waals surface area (Å²) in [6.07, 6.45) is 0. The lowest BCUT2D eigenvalue weighted by Gasteiger charge is -2.08. The van der Waals surface area contributed by atoms with Crippen molar-refractivity contribution in [3.8, 4) is 27.3 Å². The van der Waals surface area contributed by atoms with Crippen LogP contribution in [0.15, 0.2) is 107 Å². The second kappa shape index (κ2) is 6.75. The fourth-order valence-electron chi connectivity index (χ4n) is 6.21. The number of hydrogen-bond donors (Lipinski definition) is 0. The van der Waals surface area contributed by atoms with E-state index in [9.17, 15) is 4.79 Å². The molecule has 3 aromatic carbocycles. The Morgan fingerprint density at radius 3 is 2.38 bits per heavy atom. The average Bonchev–Trinajstić information content (AvgIpc) is 3.68. The van der Waals surface area contributed by atoms with Gasteiger partial charge in [-0.2, -0.15) is 0 Å². The Hall–Kier alpha value is -4.67. The molecule has 0 aliphatic heterocycles. The Balaban J connectivity index is 1.38. The number of fused-ring (bicyclic) bond motifs is 11. The normalized spacial score (nSPS) is 12.9. The van der Waals surface area contributed by atoms with Crippen LogP contribution in [0.25, 0.3) is 71.0 Å². The van der Waals surface area contributed by atoms with Crippen LogP contribution >= 0.6 is 11.3 Å². The summed E-state index contributed by atoms with van der Waals surface area (Å²) in [4.78, 5) is 15.1. The van der Waals surface area contributed by atoms with E-state index in [-0.39, 0.29) is 5.78 Å². The molecule has 9 rings (SSSR count). The van der Waals surface area contributed by atoms with Crippen LogP contribution in [0.1, 0.15) is 15.9 Å². The number of nitrogens with zero attached hydrogens (tertiary/aromatic N) is 1. The minimum atomic E-state index is 0.109. The smallest absolute Gasteiger partial charge is 0.197 e. The molecule has 172 valence electrons. The van der Waals surface area contributed by atoms with Gasteiger partial charge in [0.2, 0.25) is 0 Å². The van der Waals surface area contributed by atoms with Crippen LogP contribution in [-0.4, -0.2) is 10.4 Å². The van der Waals surface area contributed by atoms with E-state index in [2.05, 4.69) is 70.6 Å². The van der Waals surface area contributed by atoms with Gasteiger partial charge in [-0.1, -0.05) is 66.7 Å². The van der Waals surface area contributed by atoms with E-state index in [0.717, 1.165) is 76.7 Å². The standard InChI is InChI=1S/C33H17NO2S/c35-32-30-19-9-3-1-2-8-18(19)14-24(30)33-31(32)27(17-37-33)34-25-12-6-4-10-20(25)22-15-23-21-11-5-7-13-28(21)36-29(23)16-26(22)34/h1-17H. The predicted molar refractivity (Wildman–Crippen MR) is 151 cm³/mol. The van der Waals surface area contributed by atoms with E-state index in [0.29, 0.717) is 0 Å². The van der Waals surface area contributed by atoms with E-state index in [4.69, 9.17) is 4.42 Å². The zero-order valence-electron chi connectivity index (χ0n) is 19.5. The number of rotatable bonds is 1. The summed E-state index contributed by atoms with van der Waals surface area (Å²) in [6.45, 7) is 0. The molecule has 3 nitrogen and oxygen atoms in total. The van der Waals surface area contributed by atoms with Crippen molar-refractivity contribution in [3.05, 3.63) is 114 Å². The highest BCUT2D eigenvalue weighted by Crippen LogP contribution is 2.51. The number of benzene rings is 3. The van der Waals surface area contributed by atoms with Crippen LogP contribution in [0.3, 0.4) is 0 Å². The van der Waals surface area contributed by atoms with E-state index in [1.165, 1.54) is 5.39 Å². The second-order valence-electron chi connectivity index (χ2n) is 9.68. The molecule has 0 fully saturated rings. The summed E-state index contributed by atoms with van der Waals surface area (Å²) < 4.78 is 8.51. The van der Waals surface area contributed by atoms with E-state index in [1.54, 1.807) is 11.3 Å². The molecule has 37 heavy (non-hydrogen) atoms. The highest BCUT2D eigenvalue weighted by Gasteiger charge is 2.36. The molecule has 0 atom stereocenters. The zero-order chi connectivity index (χ0) is 24.2. The van der Waals surface area contributed by atoms with Crippen LogP contribution < -0.4 is 0 Å². The molecule has 4 heteroatoms. The number of furan rings is 1. The van der Waals surface area contributed by atoms with E-state index >= 15 is 0 Å². The van der Waals surface area contributed by atoms with Gasteiger partial charge in [0, 0.05) is 49.0 Å². The molecule has 0 spiro atoms. The number of aromatic nitrogens is 1. The summed E-state index contributed by atoms with van der Waals surface area (Å²) in [5.41, 5.74) is 9.62. The Kier molecular flexibility index (Phi) is 3.56. The van der Waals surface area contributed by atoms with Gasteiger partial charge in [-0.15, -0.1) is 11.3 Å². The van der Waals surface area contributed by atoms with Crippen molar-refractivity contribution in [1.82, 2.24) is 4.57 Å². The number of thiophene rings is 1. The number of para-hydroxylation sites is 2. The van der Waals surface area contributed by atoms with Crippen molar-refractivity contribution in [1.29, 1.82) is 0 Å². The molecule has 0 N–H and O–H groups in total. The van der Waals surface area contributed by atoms with Crippen LogP contribution in [0, 0.1) is 0 Å². The molecule has 3 aliphatic carbocycles. The SMILES string of the molecule is O=C1c2c3cccccc-3cc2-c2scc(-n3c4ccccc4c4cc5c(cc43)oc3ccccc35)c21. The molecule has 0 unspecified atom stereocenters. The van der Waals surface area contributed by atoms with Crippen LogP contribution in [-0.2, 0) is 0 Å². The maximum absolute atomic E-state index is 14.0. The van der Waals surface area contributed by atoms with Gasteiger partial charge in [0.05, 0.1) is 22.3 Å². The zero-order valence-corrected chi connectivity index (χ0v) is 20.3. The minimum Gasteiger partial charge on any atom is -0.456 e. The monoisotopic (exact) mass is 491 g/mol. The molecule has 0 saturated carbocycles. The molecular weight excluding hydrogens is 474 g/mol. The summed E-state index contributed by atoms with van der Waals surface area (Å²) >= 11 is 1.66. The summed E-state index contributed by atoms with van der Waals surface area (Å²) in [5, 5.41) is 6.69. The van der Waals surface area contributed by atoms with Gasteiger partial charge in [0.25, 0.3) is 0 Å². The van der Waals surface area contributed by atoms with Gasteiger partial charge in [0.15, 0.2) is 5.78 Å². The first-order chi connectivity index (χ1) is 18.3. The molecule has 0 bridgehead atoms. The van der Waals surface area contributed by atoms with Gasteiger partial charge in [-0.25, -0.2) is 0 Å². The molecule has 3 heterocycles. The fraction of sp³-hybridized carbons (Fsp3) is 0. The average molecular weight is 492 g/mol. The quantitative estimate of drug-likeness (QED) is 0.230. The Morgan fingerprint density at radius 1 is 0.622 bits per heavy atom. The molecule has 0 saturated heterocycles. The fourth-order valence-corrected chi connectivity index (χ4v) is 7.27. The molecule has 0 amide bonds. The number of ketones is 1. The lowest BCUT2D eigenvalue weighted by atomic mass is 10.0. The third-order valence-electron chi connectivity index (χ3n) is 7.79. The molecule has 3 aliphatic rings. The van der Waals surface area contributed by atoms with Crippen molar-refractivity contribution >= 4 is 60.9 Å². The maximum Gasteiger partial charge on any atom is 0.197 e. The molecule has 3 aromatic heterocycles. The maximum atomic E-state index is 14.0. The van der Waals surface area contributed by atoms with E-state index in [1.807, 2.05) is 36.4 Å². The van der Waals surface area contributed by atoms with Gasteiger partial charge < -0.3 is 8.98 Å². The van der Waals surface area contributed by atoms with Gasteiger partial charge in [0.1, 0.15) is 11.2 Å². The predicted octanol–water partition coefficient (Wildman–Crippen LogP) is 9.06. The van der Waals surface area contributed by atoms with Crippen molar-refractivity contribution in [2.24, 2.45) is 0 Å². The Morgan fingerprint density at radius 2 is 1.43 bits per heavy atom.